The third-order valence-electron chi connectivity index (χ3n) is 0.814. The van der Waals surface area contributed by atoms with Crippen LogP contribution in [0.5, 0.6) is 0 Å². The average molecular weight is 67.1 g/mol. The average Bonchev–Trinajstić information content (AvgIpc) is 1.76. The fourth-order valence-electron chi connectivity index (χ4n) is 0.510. The lowest BCUT2D eigenvalue weighted by molar-refractivity contribution is 0.922. The van der Waals surface area contributed by atoms with E-state index in [1.54, 1.807) is 0 Å². The Morgan fingerprint density at radius 3 is 2.80 bits per heavy atom. The van der Waals surface area contributed by atoms with Crippen molar-refractivity contribution in [2.24, 2.45) is 0 Å². The van der Waals surface area contributed by atoms with E-state index in [0.717, 1.165) is 0 Å². The van der Waals surface area contributed by atoms with E-state index < -0.39 is 0 Å². The molecule has 0 nitrogen and oxygen atoms in total. The molecule has 0 atom stereocenters. The number of hydrogen-bond donors (Lipinski definition) is 0. The molecule has 1 aliphatic carbocycles. The number of allylic oxidation sites excluding steroid dienone is 2. The van der Waals surface area contributed by atoms with E-state index >= 15 is 0 Å². The van der Waals surface area contributed by atoms with Crippen LogP contribution in [-0.4, -0.2) is 0 Å². The summed E-state index contributed by atoms with van der Waals surface area (Å²) in [7, 11) is 0. The second-order valence-corrected chi connectivity index (χ2v) is 1.30. The van der Waals surface area contributed by atoms with Crippen molar-refractivity contribution in [2.75, 3.05) is 0 Å². The molecule has 0 heteroatoms. The van der Waals surface area contributed by atoms with Crippen LogP contribution in [-0.2, 0) is 0 Å². The Hall–Kier alpha value is -0.260. The summed E-state index contributed by atoms with van der Waals surface area (Å²) in [6.45, 7) is 0. The molecule has 0 N–H and O–H groups in total. The summed E-state index contributed by atoms with van der Waals surface area (Å²) in [5.74, 6) is 0. The molecule has 0 aliphatic heterocycles. The number of hydrogen-bond acceptors (Lipinski definition) is 0. The first-order valence-electron chi connectivity index (χ1n) is 2.05. The molecule has 0 heterocycles. The molecule has 0 aromatic heterocycles. The van der Waals surface area contributed by atoms with Crippen molar-refractivity contribution in [3.05, 3.63) is 12.2 Å². The van der Waals surface area contributed by atoms with E-state index in [9.17, 15) is 0 Å². The van der Waals surface area contributed by atoms with E-state index in [1.165, 1.54) is 19.3 Å². The Balaban J connectivity index is 2.32. The lowest BCUT2D eigenvalue weighted by Gasteiger charge is -1.81. The first-order chi connectivity index (χ1) is 2.50. The Kier molecular flexibility index (Phi) is 0.738. The molecule has 0 aromatic rings. The van der Waals surface area contributed by atoms with Crippen molar-refractivity contribution in [2.45, 2.75) is 19.3 Å². The summed E-state index contributed by atoms with van der Waals surface area (Å²) in [5, 5.41) is 0. The van der Waals surface area contributed by atoms with Crippen LogP contribution < -0.4 is 0 Å². The van der Waals surface area contributed by atoms with Crippen LogP contribution in [0.2, 0.25) is 0 Å². The normalized spacial score (nSPS) is 20.8. The van der Waals surface area contributed by atoms with Crippen LogP contribution in [0.1, 0.15) is 19.3 Å². The summed E-state index contributed by atoms with van der Waals surface area (Å²) < 4.78 is 0. The molecular formula is C5H7-. The van der Waals surface area contributed by atoms with Gasteiger partial charge in [-0.2, -0.15) is 6.42 Å². The molecular weight excluding hydrogens is 60.1 g/mol. The van der Waals surface area contributed by atoms with Gasteiger partial charge in [0.1, 0.15) is 0 Å². The fourth-order valence-corrected chi connectivity index (χ4v) is 0.510. The zero-order valence-corrected chi connectivity index (χ0v) is 3.20. The van der Waals surface area contributed by atoms with E-state index in [1.807, 2.05) is 0 Å². The predicted molar refractivity (Wildman–Crippen MR) is 21.7 cm³/mol. The quantitative estimate of drug-likeness (QED) is 0.377. The molecule has 0 saturated carbocycles. The van der Waals surface area contributed by atoms with Crippen LogP contribution in [0.3, 0.4) is 0 Å². The van der Waals surface area contributed by atoms with E-state index in [4.69, 9.17) is 0 Å². The predicted octanol–water partition coefficient (Wildman–Crippen LogP) is 1.53. The Morgan fingerprint density at radius 1 is 1.60 bits per heavy atom. The van der Waals surface area contributed by atoms with Crippen LogP contribution in [0.15, 0.2) is 6.08 Å². The van der Waals surface area contributed by atoms with Crippen molar-refractivity contribution in [3.8, 4) is 0 Å². The molecule has 0 saturated heterocycles. The van der Waals surface area contributed by atoms with Gasteiger partial charge in [0.15, 0.2) is 0 Å². The second-order valence-electron chi connectivity index (χ2n) is 1.30. The monoisotopic (exact) mass is 67.1 g/mol. The molecule has 5 heavy (non-hydrogen) atoms. The zero-order chi connectivity index (χ0) is 3.54. The molecule has 0 radical (unpaired) electrons. The molecule has 0 fully saturated rings. The van der Waals surface area contributed by atoms with Gasteiger partial charge in [-0.25, -0.2) is 0 Å². The summed E-state index contributed by atoms with van der Waals surface area (Å²) >= 11 is 0. The minimum atomic E-state index is 1.19. The summed E-state index contributed by atoms with van der Waals surface area (Å²) in [6.07, 6.45) is 9.00. The maximum Gasteiger partial charge on any atom is -0.0694 e. The van der Waals surface area contributed by atoms with Crippen LogP contribution in [0.4, 0.5) is 0 Å². The lowest BCUT2D eigenvalue weighted by atomic mass is 10.4. The van der Waals surface area contributed by atoms with Crippen molar-refractivity contribution in [1.29, 1.82) is 0 Å². The highest BCUT2D eigenvalue weighted by Gasteiger charge is 1.72. The molecule has 28 valence electrons. The third-order valence-corrected chi connectivity index (χ3v) is 0.814. The van der Waals surface area contributed by atoms with E-state index in [-0.39, 0.29) is 0 Å². The SMILES string of the molecule is [C-]1=CCCC1. The highest BCUT2D eigenvalue weighted by molar-refractivity contribution is 4.80. The van der Waals surface area contributed by atoms with Gasteiger partial charge in [0.05, 0.1) is 0 Å². The molecule has 1 rings (SSSR count). The van der Waals surface area contributed by atoms with Gasteiger partial charge in [-0.15, -0.1) is 0 Å². The highest BCUT2D eigenvalue weighted by Crippen LogP contribution is 2.03. The van der Waals surface area contributed by atoms with Crippen molar-refractivity contribution in [1.82, 2.24) is 0 Å². The van der Waals surface area contributed by atoms with E-state index in [2.05, 4.69) is 12.2 Å². The topological polar surface area (TPSA) is 0 Å². The lowest BCUT2D eigenvalue weighted by Crippen LogP contribution is -1.50. The standard InChI is InChI=1S/C5H7/c1-2-4-5-3-1/h1H,2,4-5H2/q-1. The van der Waals surface area contributed by atoms with Crippen LogP contribution in [0.25, 0.3) is 0 Å². The van der Waals surface area contributed by atoms with Gasteiger partial charge < -0.3 is 6.08 Å². The van der Waals surface area contributed by atoms with Gasteiger partial charge >= 0.3 is 0 Å². The van der Waals surface area contributed by atoms with Gasteiger partial charge in [-0.1, -0.05) is 12.8 Å². The minimum Gasteiger partial charge on any atom is -0.501 e. The zero-order valence-electron chi connectivity index (χ0n) is 3.20. The Morgan fingerprint density at radius 2 is 2.60 bits per heavy atom. The third kappa shape index (κ3) is 0.504. The van der Waals surface area contributed by atoms with Crippen LogP contribution in [0, 0.1) is 6.08 Å². The number of rotatable bonds is 0. The van der Waals surface area contributed by atoms with Crippen molar-refractivity contribution in [3.63, 3.8) is 0 Å². The molecule has 0 amide bonds. The van der Waals surface area contributed by atoms with Gasteiger partial charge in [0.2, 0.25) is 0 Å². The molecule has 0 aromatic carbocycles. The largest absolute Gasteiger partial charge is 0.501 e. The molecule has 0 bridgehead atoms. The summed E-state index contributed by atoms with van der Waals surface area (Å²) in [5.41, 5.74) is 0. The van der Waals surface area contributed by atoms with Crippen molar-refractivity contribution >= 4 is 0 Å². The smallest absolute Gasteiger partial charge is 0.0694 e. The summed E-state index contributed by atoms with van der Waals surface area (Å²) in [4.78, 5) is 0. The highest BCUT2D eigenvalue weighted by atomic mass is 13.9. The van der Waals surface area contributed by atoms with Crippen molar-refractivity contribution < 1.29 is 0 Å². The first kappa shape index (κ1) is 2.95. The second kappa shape index (κ2) is 1.25. The molecule has 0 spiro atoms. The minimum absolute atomic E-state index is 1.19. The van der Waals surface area contributed by atoms with Gasteiger partial charge in [-0.3, -0.25) is 6.08 Å². The molecule has 0 unspecified atom stereocenters. The first-order valence-corrected chi connectivity index (χ1v) is 2.05. The van der Waals surface area contributed by atoms with Gasteiger partial charge in [0.25, 0.3) is 0 Å². The molecule has 1 aliphatic rings. The fraction of sp³-hybridized carbons (Fsp3) is 0.600. The summed E-state index contributed by atoms with van der Waals surface area (Å²) in [6, 6.07) is 0. The van der Waals surface area contributed by atoms with Crippen LogP contribution >= 0.6 is 0 Å². The maximum absolute atomic E-state index is 3.10. The van der Waals surface area contributed by atoms with E-state index in [0.29, 0.717) is 0 Å². The Bertz CT molecular complexity index is 38.0. The Labute approximate surface area is 32.5 Å². The van der Waals surface area contributed by atoms with Gasteiger partial charge in [0, 0.05) is 0 Å². The van der Waals surface area contributed by atoms with Gasteiger partial charge in [-0.05, 0) is 0 Å². The maximum atomic E-state index is 3.10.